The van der Waals surface area contributed by atoms with Crippen LogP contribution in [0.25, 0.3) is 0 Å². The second kappa shape index (κ2) is 14.0. The first-order valence-electron chi connectivity index (χ1n) is 10.8. The Labute approximate surface area is 210 Å². The minimum Gasteiger partial charge on any atom is -0.354 e. The summed E-state index contributed by atoms with van der Waals surface area (Å²) >= 11 is 20.3. The molecule has 8 heteroatoms. The summed E-state index contributed by atoms with van der Waals surface area (Å²) in [6.07, 6.45) is 2.35. The van der Waals surface area contributed by atoms with Crippen molar-refractivity contribution in [2.24, 2.45) is 0 Å². The van der Waals surface area contributed by atoms with Gasteiger partial charge in [-0.05, 0) is 61.4 Å². The van der Waals surface area contributed by atoms with E-state index in [1.165, 1.54) is 0 Å². The topological polar surface area (TPSA) is 49.4 Å². The highest BCUT2D eigenvalue weighted by Gasteiger charge is 2.29. The second-order valence-corrected chi connectivity index (χ2v) is 9.76. The number of nitrogens with zero attached hydrogens (tertiary/aromatic N) is 1. The van der Waals surface area contributed by atoms with E-state index in [2.05, 4.69) is 5.32 Å². The first-order valence-corrected chi connectivity index (χ1v) is 12.9. The van der Waals surface area contributed by atoms with E-state index in [-0.39, 0.29) is 18.4 Å². The van der Waals surface area contributed by atoms with Crippen LogP contribution in [0.15, 0.2) is 47.4 Å². The SMILES string of the molecule is CCCNC(=O)[C@@H](CC)N(Cc1c(Cl)cccc1Cl)C(=O)CCCSc1ccc(Cl)cc1. The predicted molar refractivity (Wildman–Crippen MR) is 136 cm³/mol. The Bertz CT molecular complexity index is 873. The second-order valence-electron chi connectivity index (χ2n) is 7.34. The quantitative estimate of drug-likeness (QED) is 0.248. The van der Waals surface area contributed by atoms with Gasteiger partial charge >= 0.3 is 0 Å². The normalized spacial score (nSPS) is 11.8. The van der Waals surface area contributed by atoms with Crippen LogP contribution in [0, 0.1) is 0 Å². The molecule has 0 radical (unpaired) electrons. The molecule has 0 aromatic heterocycles. The molecule has 2 rings (SSSR count). The lowest BCUT2D eigenvalue weighted by Gasteiger charge is -2.31. The van der Waals surface area contributed by atoms with Crippen LogP contribution in [0.3, 0.4) is 0 Å². The number of nitrogens with one attached hydrogen (secondary N) is 1. The summed E-state index contributed by atoms with van der Waals surface area (Å²) in [7, 11) is 0. The van der Waals surface area contributed by atoms with Gasteiger partial charge in [0, 0.05) is 45.0 Å². The van der Waals surface area contributed by atoms with E-state index >= 15 is 0 Å². The fourth-order valence-electron chi connectivity index (χ4n) is 3.23. The number of hydrogen-bond donors (Lipinski definition) is 1. The number of thioether (sulfide) groups is 1. The van der Waals surface area contributed by atoms with Crippen LogP contribution in [-0.2, 0) is 16.1 Å². The molecule has 0 spiro atoms. The molecule has 2 aromatic rings. The summed E-state index contributed by atoms with van der Waals surface area (Å²) in [4.78, 5) is 28.8. The number of carbonyl (C=O) groups is 2. The molecular formula is C24H29Cl3N2O2S. The highest BCUT2D eigenvalue weighted by Crippen LogP contribution is 2.28. The molecule has 0 aliphatic rings. The molecule has 0 aliphatic carbocycles. The molecule has 4 nitrogen and oxygen atoms in total. The van der Waals surface area contributed by atoms with Crippen LogP contribution < -0.4 is 5.32 Å². The van der Waals surface area contributed by atoms with Gasteiger partial charge in [-0.1, -0.05) is 54.7 Å². The van der Waals surface area contributed by atoms with Crippen molar-refractivity contribution in [1.29, 1.82) is 0 Å². The van der Waals surface area contributed by atoms with Gasteiger partial charge in [-0.25, -0.2) is 0 Å². The number of hydrogen-bond acceptors (Lipinski definition) is 3. The molecular weight excluding hydrogens is 487 g/mol. The first-order chi connectivity index (χ1) is 15.4. The summed E-state index contributed by atoms with van der Waals surface area (Å²) in [5, 5.41) is 4.58. The van der Waals surface area contributed by atoms with Crippen molar-refractivity contribution in [1.82, 2.24) is 10.2 Å². The summed E-state index contributed by atoms with van der Waals surface area (Å²) < 4.78 is 0. The fraction of sp³-hybridized carbons (Fsp3) is 0.417. The van der Waals surface area contributed by atoms with Gasteiger partial charge in [0.25, 0.3) is 0 Å². The maximum absolute atomic E-state index is 13.2. The predicted octanol–water partition coefficient (Wildman–Crippen LogP) is 6.85. The molecule has 0 aliphatic heterocycles. The molecule has 0 unspecified atom stereocenters. The van der Waals surface area contributed by atoms with Crippen LogP contribution >= 0.6 is 46.6 Å². The van der Waals surface area contributed by atoms with Crippen LogP contribution in [-0.4, -0.2) is 35.1 Å². The maximum Gasteiger partial charge on any atom is 0.242 e. The third-order valence-electron chi connectivity index (χ3n) is 4.94. The maximum atomic E-state index is 13.2. The Hall–Kier alpha value is -1.40. The molecule has 0 saturated heterocycles. The number of amides is 2. The van der Waals surface area contributed by atoms with Gasteiger partial charge in [-0.3, -0.25) is 9.59 Å². The molecule has 0 heterocycles. The Balaban J connectivity index is 2.10. The van der Waals surface area contributed by atoms with Crippen molar-refractivity contribution in [2.75, 3.05) is 12.3 Å². The number of halogens is 3. The van der Waals surface area contributed by atoms with Crippen LogP contribution in [0.5, 0.6) is 0 Å². The summed E-state index contributed by atoms with van der Waals surface area (Å²) in [5.41, 5.74) is 0.654. The molecule has 174 valence electrons. The zero-order valence-corrected chi connectivity index (χ0v) is 21.5. The van der Waals surface area contributed by atoms with Crippen molar-refractivity contribution in [2.45, 2.75) is 57.0 Å². The van der Waals surface area contributed by atoms with Crippen LogP contribution in [0.2, 0.25) is 15.1 Å². The largest absolute Gasteiger partial charge is 0.354 e. The third-order valence-corrected chi connectivity index (χ3v) is 7.00. The Morgan fingerprint density at radius 3 is 2.28 bits per heavy atom. The van der Waals surface area contributed by atoms with Crippen LogP contribution in [0.4, 0.5) is 0 Å². The lowest BCUT2D eigenvalue weighted by atomic mass is 10.1. The van der Waals surface area contributed by atoms with Gasteiger partial charge in [0.15, 0.2) is 0 Å². The van der Waals surface area contributed by atoms with Gasteiger partial charge in [0.2, 0.25) is 11.8 Å². The lowest BCUT2D eigenvalue weighted by molar-refractivity contribution is -0.141. The van der Waals surface area contributed by atoms with Gasteiger partial charge in [0.05, 0.1) is 0 Å². The van der Waals surface area contributed by atoms with E-state index in [4.69, 9.17) is 34.8 Å². The average molecular weight is 516 g/mol. The van der Waals surface area contributed by atoms with E-state index in [0.717, 1.165) is 17.1 Å². The number of rotatable bonds is 12. The Kier molecular flexibility index (Phi) is 11.7. The van der Waals surface area contributed by atoms with Gasteiger partial charge < -0.3 is 10.2 Å². The van der Waals surface area contributed by atoms with Gasteiger partial charge in [-0.2, -0.15) is 0 Å². The van der Waals surface area contributed by atoms with E-state index in [1.54, 1.807) is 34.9 Å². The van der Waals surface area contributed by atoms with Crippen molar-refractivity contribution in [3.63, 3.8) is 0 Å². The molecule has 32 heavy (non-hydrogen) atoms. The molecule has 1 atom stereocenters. The van der Waals surface area contributed by atoms with Crippen molar-refractivity contribution in [3.05, 3.63) is 63.1 Å². The molecule has 2 amide bonds. The van der Waals surface area contributed by atoms with E-state index in [1.807, 2.05) is 38.1 Å². The first kappa shape index (κ1) is 26.8. The summed E-state index contributed by atoms with van der Waals surface area (Å²) in [5.74, 6) is 0.546. The van der Waals surface area contributed by atoms with Crippen molar-refractivity contribution < 1.29 is 9.59 Å². The highest BCUT2D eigenvalue weighted by atomic mass is 35.5. The molecule has 2 aromatic carbocycles. The summed E-state index contributed by atoms with van der Waals surface area (Å²) in [6, 6.07) is 12.3. The van der Waals surface area contributed by atoms with Crippen molar-refractivity contribution in [3.8, 4) is 0 Å². The molecule has 0 saturated carbocycles. The lowest BCUT2D eigenvalue weighted by Crippen LogP contribution is -2.49. The minimum atomic E-state index is -0.578. The third kappa shape index (κ3) is 8.18. The standard InChI is InChI=1S/C24H29Cl3N2O2S/c1-3-14-28-24(31)22(4-2)29(16-19-20(26)7-5-8-21(19)27)23(30)9-6-15-32-18-12-10-17(25)11-13-18/h5,7-8,10-13,22H,3-4,6,9,14-16H2,1-2H3,(H,28,31)/t22-/m1/s1. The number of benzene rings is 2. The van der Waals surface area contributed by atoms with E-state index in [9.17, 15) is 9.59 Å². The monoisotopic (exact) mass is 514 g/mol. The Morgan fingerprint density at radius 2 is 1.69 bits per heavy atom. The van der Waals surface area contributed by atoms with Gasteiger partial charge in [0.1, 0.15) is 6.04 Å². The zero-order valence-electron chi connectivity index (χ0n) is 18.4. The van der Waals surface area contributed by atoms with Crippen LogP contribution in [0.1, 0.15) is 45.1 Å². The minimum absolute atomic E-state index is 0.0869. The fourth-order valence-corrected chi connectivity index (χ4v) is 4.72. The van der Waals surface area contributed by atoms with Crippen molar-refractivity contribution >= 4 is 58.4 Å². The smallest absolute Gasteiger partial charge is 0.242 e. The molecule has 1 N–H and O–H groups in total. The summed E-state index contributed by atoms with van der Waals surface area (Å²) in [6.45, 7) is 4.66. The number of carbonyl (C=O) groups excluding carboxylic acids is 2. The zero-order chi connectivity index (χ0) is 23.5. The Morgan fingerprint density at radius 1 is 1.03 bits per heavy atom. The van der Waals surface area contributed by atoms with Gasteiger partial charge in [-0.15, -0.1) is 11.8 Å². The van der Waals surface area contributed by atoms with E-state index in [0.29, 0.717) is 46.4 Å². The molecule has 0 fully saturated rings. The molecule has 0 bridgehead atoms. The highest BCUT2D eigenvalue weighted by molar-refractivity contribution is 7.99. The van der Waals surface area contributed by atoms with E-state index < -0.39 is 6.04 Å². The average Bonchev–Trinajstić information content (AvgIpc) is 2.78.